The number of hydrogen-bond acceptors (Lipinski definition) is 5. The first-order chi connectivity index (χ1) is 16.3. The number of benzene rings is 2. The zero-order valence-corrected chi connectivity index (χ0v) is 19.8. The molecular weight excluding hydrogens is 454 g/mol. The van der Waals surface area contributed by atoms with Crippen LogP contribution in [0, 0.1) is 6.92 Å². The smallest absolute Gasteiger partial charge is 0.243 e. The van der Waals surface area contributed by atoms with Gasteiger partial charge in [0.15, 0.2) is 0 Å². The van der Waals surface area contributed by atoms with Crippen molar-refractivity contribution in [3.05, 3.63) is 83.8 Å². The van der Waals surface area contributed by atoms with Gasteiger partial charge in [0.05, 0.1) is 24.2 Å². The molecule has 2 amide bonds. The van der Waals surface area contributed by atoms with E-state index in [0.717, 1.165) is 28.4 Å². The molecule has 34 heavy (non-hydrogen) atoms. The van der Waals surface area contributed by atoms with Gasteiger partial charge in [-0.2, -0.15) is 4.31 Å². The highest BCUT2D eigenvalue weighted by atomic mass is 32.2. The molecule has 1 aliphatic rings. The molecule has 1 saturated heterocycles. The fraction of sp³-hybridized carbons (Fsp3) is 0.280. The number of nitrogens with zero attached hydrogens (tertiary/aromatic N) is 2. The molecule has 2 aromatic carbocycles. The predicted molar refractivity (Wildman–Crippen MR) is 127 cm³/mol. The number of amides is 2. The zero-order chi connectivity index (χ0) is 24.1. The Hall–Kier alpha value is -3.43. The quantitative estimate of drug-likeness (QED) is 0.504. The van der Waals surface area contributed by atoms with Gasteiger partial charge in [-0.15, -0.1) is 0 Å². The van der Waals surface area contributed by atoms with Crippen molar-refractivity contribution >= 4 is 27.5 Å². The molecular formula is C25H27N3O5S. The maximum absolute atomic E-state index is 13.3. The Morgan fingerprint density at radius 2 is 1.91 bits per heavy atom. The van der Waals surface area contributed by atoms with E-state index in [4.69, 9.17) is 4.42 Å². The van der Waals surface area contributed by atoms with Crippen molar-refractivity contribution in [1.29, 1.82) is 0 Å². The van der Waals surface area contributed by atoms with E-state index in [-0.39, 0.29) is 23.9 Å². The highest BCUT2D eigenvalue weighted by molar-refractivity contribution is 7.89. The molecule has 9 heteroatoms. The maximum Gasteiger partial charge on any atom is 0.243 e. The lowest BCUT2D eigenvalue weighted by molar-refractivity contribution is -0.128. The Balaban J connectivity index is 1.49. The summed E-state index contributed by atoms with van der Waals surface area (Å²) in [6, 6.07) is 17.1. The number of carbonyl (C=O) groups is 2. The van der Waals surface area contributed by atoms with Gasteiger partial charge in [0.25, 0.3) is 0 Å². The standard InChI is InChI=1S/C25H27N3O5S/c1-19-9-11-23(12-10-19)34(31,32)28(17-22-7-4-14-33-22)18-24(29)26-21-6-2-5-20(15-21)16-27-13-3-8-25(27)30/h2,4-7,9-12,14-15H,3,8,13,16-18H2,1H3,(H,26,29). The lowest BCUT2D eigenvalue weighted by Crippen LogP contribution is -2.37. The summed E-state index contributed by atoms with van der Waals surface area (Å²) in [5.41, 5.74) is 2.37. The third-order valence-electron chi connectivity index (χ3n) is 5.65. The summed E-state index contributed by atoms with van der Waals surface area (Å²) in [5.74, 6) is 0.0849. The van der Waals surface area contributed by atoms with Crippen LogP contribution in [0.25, 0.3) is 0 Å². The molecule has 0 bridgehead atoms. The number of likely N-dealkylation sites (tertiary alicyclic amines) is 1. The summed E-state index contributed by atoms with van der Waals surface area (Å²) in [7, 11) is -3.94. The molecule has 0 atom stereocenters. The summed E-state index contributed by atoms with van der Waals surface area (Å²) in [6.45, 7) is 2.63. The minimum absolute atomic E-state index is 0.0757. The van der Waals surface area contributed by atoms with Crippen LogP contribution in [-0.2, 0) is 32.7 Å². The van der Waals surface area contributed by atoms with Crippen molar-refractivity contribution in [3.63, 3.8) is 0 Å². The Morgan fingerprint density at radius 3 is 2.59 bits per heavy atom. The molecule has 0 radical (unpaired) electrons. The average molecular weight is 482 g/mol. The van der Waals surface area contributed by atoms with Crippen molar-refractivity contribution in [2.24, 2.45) is 0 Å². The van der Waals surface area contributed by atoms with E-state index in [0.29, 0.717) is 24.4 Å². The second kappa shape index (κ2) is 10.2. The van der Waals surface area contributed by atoms with Gasteiger partial charge in [-0.25, -0.2) is 8.42 Å². The molecule has 0 spiro atoms. The van der Waals surface area contributed by atoms with E-state index in [1.807, 2.05) is 13.0 Å². The minimum Gasteiger partial charge on any atom is -0.468 e. The summed E-state index contributed by atoms with van der Waals surface area (Å²) in [5, 5.41) is 2.78. The normalized spacial score (nSPS) is 14.1. The van der Waals surface area contributed by atoms with Gasteiger partial charge in [0, 0.05) is 25.2 Å². The van der Waals surface area contributed by atoms with Gasteiger partial charge in [0.1, 0.15) is 5.76 Å². The number of furan rings is 1. The monoisotopic (exact) mass is 481 g/mol. The molecule has 0 aliphatic carbocycles. The van der Waals surface area contributed by atoms with Crippen molar-refractivity contribution in [2.75, 3.05) is 18.4 Å². The molecule has 2 heterocycles. The van der Waals surface area contributed by atoms with Crippen molar-refractivity contribution in [1.82, 2.24) is 9.21 Å². The van der Waals surface area contributed by atoms with E-state index < -0.39 is 15.9 Å². The van der Waals surface area contributed by atoms with Gasteiger partial charge < -0.3 is 14.6 Å². The molecule has 1 fully saturated rings. The van der Waals surface area contributed by atoms with Crippen molar-refractivity contribution in [3.8, 4) is 0 Å². The van der Waals surface area contributed by atoms with E-state index in [9.17, 15) is 18.0 Å². The summed E-state index contributed by atoms with van der Waals surface area (Å²) in [6.07, 6.45) is 2.89. The molecule has 0 saturated carbocycles. The Morgan fingerprint density at radius 1 is 1.12 bits per heavy atom. The first kappa shape index (κ1) is 23.7. The van der Waals surface area contributed by atoms with Crippen LogP contribution in [-0.4, -0.2) is 42.5 Å². The lowest BCUT2D eigenvalue weighted by atomic mass is 10.2. The van der Waals surface area contributed by atoms with Crippen LogP contribution in [0.1, 0.15) is 29.7 Å². The number of nitrogens with one attached hydrogen (secondary N) is 1. The van der Waals surface area contributed by atoms with Crippen LogP contribution in [0.2, 0.25) is 0 Å². The highest BCUT2D eigenvalue weighted by Crippen LogP contribution is 2.21. The number of aryl methyl sites for hydroxylation is 1. The second-order valence-corrected chi connectivity index (χ2v) is 10.3. The van der Waals surface area contributed by atoms with Crippen molar-refractivity contribution < 1.29 is 22.4 Å². The number of hydrogen-bond donors (Lipinski definition) is 1. The largest absolute Gasteiger partial charge is 0.468 e. The molecule has 1 aliphatic heterocycles. The Labute approximate surface area is 199 Å². The predicted octanol–water partition coefficient (Wildman–Crippen LogP) is 3.54. The topological polar surface area (TPSA) is 99.9 Å². The van der Waals surface area contributed by atoms with Gasteiger partial charge >= 0.3 is 0 Å². The van der Waals surface area contributed by atoms with Gasteiger partial charge in [-0.1, -0.05) is 29.8 Å². The van der Waals surface area contributed by atoms with Crippen LogP contribution < -0.4 is 5.32 Å². The summed E-state index contributed by atoms with van der Waals surface area (Å²) < 4.78 is 33.0. The SMILES string of the molecule is Cc1ccc(S(=O)(=O)N(CC(=O)Nc2cccc(CN3CCCC3=O)c2)Cc2ccco2)cc1. The minimum atomic E-state index is -3.94. The number of carbonyl (C=O) groups excluding carboxylic acids is 2. The first-order valence-electron chi connectivity index (χ1n) is 11.1. The Kier molecular flexibility index (Phi) is 7.14. The number of anilines is 1. The molecule has 8 nitrogen and oxygen atoms in total. The second-order valence-electron chi connectivity index (χ2n) is 8.33. The molecule has 1 N–H and O–H groups in total. The van der Waals surface area contributed by atoms with E-state index in [1.165, 1.54) is 18.4 Å². The fourth-order valence-corrected chi connectivity index (χ4v) is 5.22. The maximum atomic E-state index is 13.3. The summed E-state index contributed by atoms with van der Waals surface area (Å²) in [4.78, 5) is 26.7. The number of rotatable bonds is 9. The molecule has 4 rings (SSSR count). The van der Waals surface area contributed by atoms with E-state index in [1.54, 1.807) is 47.4 Å². The Bertz CT molecular complexity index is 1250. The molecule has 1 aromatic heterocycles. The van der Waals surface area contributed by atoms with E-state index >= 15 is 0 Å². The molecule has 3 aromatic rings. The molecule has 0 unspecified atom stereocenters. The van der Waals surface area contributed by atoms with Crippen LogP contribution in [0.5, 0.6) is 0 Å². The summed E-state index contributed by atoms with van der Waals surface area (Å²) >= 11 is 0. The van der Waals surface area contributed by atoms with Gasteiger partial charge in [0.2, 0.25) is 21.8 Å². The lowest BCUT2D eigenvalue weighted by Gasteiger charge is -2.21. The zero-order valence-electron chi connectivity index (χ0n) is 18.9. The van der Waals surface area contributed by atoms with Crippen LogP contribution >= 0.6 is 0 Å². The average Bonchev–Trinajstić information content (AvgIpc) is 3.46. The first-order valence-corrected chi connectivity index (χ1v) is 12.5. The third kappa shape index (κ3) is 5.73. The fourth-order valence-electron chi connectivity index (χ4n) is 3.86. The van der Waals surface area contributed by atoms with Crippen molar-refractivity contribution in [2.45, 2.75) is 37.8 Å². The number of sulfonamides is 1. The van der Waals surface area contributed by atoms with Gasteiger partial charge in [-0.05, 0) is 55.3 Å². The third-order valence-corrected chi connectivity index (χ3v) is 7.45. The van der Waals surface area contributed by atoms with Crippen LogP contribution in [0.3, 0.4) is 0 Å². The van der Waals surface area contributed by atoms with Crippen LogP contribution in [0.4, 0.5) is 5.69 Å². The van der Waals surface area contributed by atoms with E-state index in [2.05, 4.69) is 5.32 Å². The van der Waals surface area contributed by atoms with Crippen LogP contribution in [0.15, 0.2) is 76.2 Å². The molecule has 178 valence electrons. The van der Waals surface area contributed by atoms with Gasteiger partial charge in [-0.3, -0.25) is 9.59 Å². The highest BCUT2D eigenvalue weighted by Gasteiger charge is 2.28.